The molecule has 4 rings (SSSR count). The Bertz CT molecular complexity index is 1290. The number of rotatable bonds is 8. The minimum absolute atomic E-state index is 0.0791. The van der Waals surface area contributed by atoms with Crippen LogP contribution in [0, 0.1) is 0 Å². The predicted molar refractivity (Wildman–Crippen MR) is 134 cm³/mol. The molecule has 7 nitrogen and oxygen atoms in total. The maximum atomic E-state index is 12.8. The van der Waals surface area contributed by atoms with Crippen LogP contribution in [0.5, 0.6) is 17.2 Å². The lowest BCUT2D eigenvalue weighted by Crippen LogP contribution is -2.32. The number of hydrogen-bond donors (Lipinski definition) is 0. The molecule has 1 fully saturated rings. The third-order valence-corrected chi connectivity index (χ3v) is 6.20. The first-order valence-corrected chi connectivity index (χ1v) is 11.7. The quantitative estimate of drug-likeness (QED) is 0.219. The molecule has 1 aliphatic heterocycles. The van der Waals surface area contributed by atoms with Crippen molar-refractivity contribution in [2.75, 3.05) is 20.3 Å². The van der Waals surface area contributed by atoms with Crippen molar-refractivity contribution in [3.63, 3.8) is 0 Å². The van der Waals surface area contributed by atoms with Crippen molar-refractivity contribution < 1.29 is 28.6 Å². The molecule has 0 aliphatic carbocycles. The van der Waals surface area contributed by atoms with E-state index in [0.717, 1.165) is 16.7 Å². The van der Waals surface area contributed by atoms with Gasteiger partial charge >= 0.3 is 5.97 Å². The lowest BCUT2D eigenvalue weighted by molar-refractivity contribution is -0.123. The summed E-state index contributed by atoms with van der Waals surface area (Å²) >= 11 is 6.90. The van der Waals surface area contributed by atoms with Crippen LogP contribution in [0.4, 0.5) is 4.79 Å². The Kier molecular flexibility index (Phi) is 7.74. The van der Waals surface area contributed by atoms with Crippen LogP contribution < -0.4 is 14.2 Å². The fraction of sp³-hybridized carbons (Fsp3) is 0.115. The van der Waals surface area contributed by atoms with Crippen LogP contribution in [-0.4, -0.2) is 42.3 Å². The van der Waals surface area contributed by atoms with Crippen molar-refractivity contribution in [2.24, 2.45) is 0 Å². The molecule has 0 N–H and O–H groups in total. The van der Waals surface area contributed by atoms with Crippen LogP contribution in [0.15, 0.2) is 77.7 Å². The van der Waals surface area contributed by atoms with E-state index in [-0.39, 0.29) is 23.8 Å². The number of ether oxygens (including phenoxy) is 3. The molecule has 0 saturated carbocycles. The topological polar surface area (TPSA) is 82.1 Å². The molecule has 178 valence electrons. The summed E-state index contributed by atoms with van der Waals surface area (Å²) in [6, 6.07) is 20.4. The zero-order valence-corrected chi connectivity index (χ0v) is 20.2. The molecular formula is C26H20ClNO6S. The summed E-state index contributed by atoms with van der Waals surface area (Å²) in [5.41, 5.74) is 0.958. The molecule has 0 radical (unpaired) electrons. The van der Waals surface area contributed by atoms with Gasteiger partial charge in [0.1, 0.15) is 12.4 Å². The summed E-state index contributed by atoms with van der Waals surface area (Å²) in [5.74, 6) is 0.0625. The van der Waals surface area contributed by atoms with Gasteiger partial charge in [-0.15, -0.1) is 0 Å². The smallest absolute Gasteiger partial charge is 0.343 e. The number of thioether (sulfide) groups is 1. The SMILES string of the molecule is COc1ccc(/C=C2\SC(=O)N(CCOc3ccccc3Cl)C2=O)cc1OC(=O)c1ccccc1. The van der Waals surface area contributed by atoms with Crippen LogP contribution in [-0.2, 0) is 4.79 Å². The number of imide groups is 1. The monoisotopic (exact) mass is 509 g/mol. The highest BCUT2D eigenvalue weighted by atomic mass is 35.5. The third-order valence-electron chi connectivity index (χ3n) is 4.98. The first-order chi connectivity index (χ1) is 17.0. The standard InChI is InChI=1S/C26H20ClNO6S/c1-32-21-12-11-17(15-22(21)34-25(30)18-7-3-2-4-8-18)16-23-24(29)28(26(31)35-23)13-14-33-20-10-6-5-9-19(20)27/h2-12,15-16H,13-14H2,1H3/b23-16-. The van der Waals surface area contributed by atoms with E-state index in [2.05, 4.69) is 0 Å². The maximum Gasteiger partial charge on any atom is 0.343 e. The van der Waals surface area contributed by atoms with Gasteiger partial charge in [0, 0.05) is 0 Å². The van der Waals surface area contributed by atoms with Gasteiger partial charge in [-0.05, 0) is 59.8 Å². The molecule has 3 aromatic carbocycles. The van der Waals surface area contributed by atoms with E-state index in [1.807, 2.05) is 0 Å². The summed E-state index contributed by atoms with van der Waals surface area (Å²) < 4.78 is 16.4. The van der Waals surface area contributed by atoms with E-state index < -0.39 is 17.1 Å². The number of benzene rings is 3. The highest BCUT2D eigenvalue weighted by Gasteiger charge is 2.34. The summed E-state index contributed by atoms with van der Waals surface area (Å²) in [6.07, 6.45) is 1.57. The number of methoxy groups -OCH3 is 1. The number of carbonyl (C=O) groups is 3. The van der Waals surface area contributed by atoms with E-state index in [9.17, 15) is 14.4 Å². The van der Waals surface area contributed by atoms with Crippen molar-refractivity contribution >= 4 is 46.6 Å². The molecule has 0 unspecified atom stereocenters. The Morgan fingerprint density at radius 3 is 2.46 bits per heavy atom. The van der Waals surface area contributed by atoms with Gasteiger partial charge in [-0.3, -0.25) is 14.5 Å². The number of para-hydroxylation sites is 1. The summed E-state index contributed by atoms with van der Waals surface area (Å²) in [7, 11) is 1.46. The number of nitrogens with zero attached hydrogens (tertiary/aromatic N) is 1. The van der Waals surface area contributed by atoms with E-state index in [1.54, 1.807) is 78.9 Å². The lowest BCUT2D eigenvalue weighted by Gasteiger charge is -2.13. The molecule has 0 aromatic heterocycles. The average Bonchev–Trinajstić information content (AvgIpc) is 3.13. The zero-order chi connectivity index (χ0) is 24.8. The molecule has 0 atom stereocenters. The Hall–Kier alpha value is -3.75. The Morgan fingerprint density at radius 1 is 0.971 bits per heavy atom. The van der Waals surface area contributed by atoms with Crippen LogP contribution in [0.2, 0.25) is 5.02 Å². The number of esters is 1. The van der Waals surface area contributed by atoms with Gasteiger partial charge < -0.3 is 14.2 Å². The summed E-state index contributed by atoms with van der Waals surface area (Å²) in [5, 5.41) is 0.0538. The van der Waals surface area contributed by atoms with E-state index in [0.29, 0.717) is 27.6 Å². The molecule has 9 heteroatoms. The minimum Gasteiger partial charge on any atom is -0.493 e. The molecule has 1 saturated heterocycles. The Morgan fingerprint density at radius 2 is 1.71 bits per heavy atom. The van der Waals surface area contributed by atoms with Crippen molar-refractivity contribution in [1.82, 2.24) is 4.90 Å². The van der Waals surface area contributed by atoms with Crippen molar-refractivity contribution in [2.45, 2.75) is 0 Å². The van der Waals surface area contributed by atoms with Gasteiger partial charge in [0.05, 0.1) is 29.1 Å². The molecule has 3 aromatic rings. The van der Waals surface area contributed by atoms with E-state index in [4.69, 9.17) is 25.8 Å². The predicted octanol–water partition coefficient (Wildman–Crippen LogP) is 5.68. The molecule has 0 bridgehead atoms. The van der Waals surface area contributed by atoms with Crippen LogP contribution in [0.1, 0.15) is 15.9 Å². The van der Waals surface area contributed by atoms with Gasteiger partial charge in [-0.25, -0.2) is 4.79 Å². The normalized spacial score (nSPS) is 14.3. The maximum absolute atomic E-state index is 12.8. The van der Waals surface area contributed by atoms with Crippen LogP contribution in [0.3, 0.4) is 0 Å². The van der Waals surface area contributed by atoms with Crippen LogP contribution >= 0.6 is 23.4 Å². The summed E-state index contributed by atoms with van der Waals surface area (Å²) in [4.78, 5) is 39.1. The van der Waals surface area contributed by atoms with Gasteiger partial charge in [0.2, 0.25) is 0 Å². The second-order valence-corrected chi connectivity index (χ2v) is 8.68. The van der Waals surface area contributed by atoms with Gasteiger partial charge in [-0.1, -0.05) is 48.0 Å². The number of amides is 2. The fourth-order valence-electron chi connectivity index (χ4n) is 3.25. The summed E-state index contributed by atoms with van der Waals surface area (Å²) in [6.45, 7) is 0.187. The van der Waals surface area contributed by atoms with Crippen molar-refractivity contribution in [3.8, 4) is 17.2 Å². The fourth-order valence-corrected chi connectivity index (χ4v) is 4.30. The van der Waals surface area contributed by atoms with Gasteiger partial charge in [0.25, 0.3) is 11.1 Å². The van der Waals surface area contributed by atoms with E-state index in [1.165, 1.54) is 7.11 Å². The first kappa shape index (κ1) is 24.4. The van der Waals surface area contributed by atoms with Gasteiger partial charge in [-0.2, -0.15) is 0 Å². The minimum atomic E-state index is -0.542. The molecule has 1 heterocycles. The molecule has 1 aliphatic rings. The first-order valence-electron chi connectivity index (χ1n) is 10.5. The van der Waals surface area contributed by atoms with E-state index >= 15 is 0 Å². The largest absolute Gasteiger partial charge is 0.493 e. The van der Waals surface area contributed by atoms with Crippen molar-refractivity contribution in [1.29, 1.82) is 0 Å². The van der Waals surface area contributed by atoms with Crippen LogP contribution in [0.25, 0.3) is 6.08 Å². The molecule has 0 spiro atoms. The number of carbonyl (C=O) groups excluding carboxylic acids is 3. The number of halogens is 1. The van der Waals surface area contributed by atoms with Gasteiger partial charge in [0.15, 0.2) is 11.5 Å². The average molecular weight is 510 g/mol. The van der Waals surface area contributed by atoms with Crippen molar-refractivity contribution in [3.05, 3.63) is 93.9 Å². The highest BCUT2D eigenvalue weighted by Crippen LogP contribution is 2.35. The molecule has 35 heavy (non-hydrogen) atoms. The Balaban J connectivity index is 1.46. The zero-order valence-electron chi connectivity index (χ0n) is 18.6. The lowest BCUT2D eigenvalue weighted by atomic mass is 10.1. The molecular weight excluding hydrogens is 490 g/mol. The number of hydrogen-bond acceptors (Lipinski definition) is 7. The molecule has 2 amide bonds. The second-order valence-electron chi connectivity index (χ2n) is 7.28. The second kappa shape index (κ2) is 11.1. The third kappa shape index (κ3) is 5.85. The Labute approximate surface area is 211 Å². The highest BCUT2D eigenvalue weighted by molar-refractivity contribution is 8.18.